The Kier molecular flexibility index (Phi) is 6.01. The first-order valence-electron chi connectivity index (χ1n) is 8.71. The molecular formula is C19H24N4O3. The van der Waals surface area contributed by atoms with Crippen LogP contribution in [0.3, 0.4) is 0 Å². The van der Waals surface area contributed by atoms with Crippen molar-refractivity contribution in [2.75, 3.05) is 40.4 Å². The van der Waals surface area contributed by atoms with Crippen molar-refractivity contribution in [3.63, 3.8) is 0 Å². The molecule has 1 aliphatic heterocycles. The lowest BCUT2D eigenvalue weighted by Gasteiger charge is -2.22. The van der Waals surface area contributed by atoms with Crippen molar-refractivity contribution >= 4 is 5.91 Å². The molecule has 26 heavy (non-hydrogen) atoms. The highest BCUT2D eigenvalue weighted by atomic mass is 16.5. The van der Waals surface area contributed by atoms with E-state index in [0.717, 1.165) is 32.6 Å². The molecular weight excluding hydrogens is 332 g/mol. The van der Waals surface area contributed by atoms with Gasteiger partial charge in [-0.25, -0.2) is 0 Å². The van der Waals surface area contributed by atoms with Crippen molar-refractivity contribution in [2.24, 2.45) is 0 Å². The molecule has 0 spiro atoms. The van der Waals surface area contributed by atoms with Crippen LogP contribution in [0.5, 0.6) is 11.8 Å². The van der Waals surface area contributed by atoms with E-state index in [-0.39, 0.29) is 5.91 Å². The minimum atomic E-state index is -0.0553. The number of rotatable bonds is 5. The topological polar surface area (TPSA) is 67.8 Å². The quantitative estimate of drug-likeness (QED) is 0.814. The van der Waals surface area contributed by atoms with Crippen LogP contribution in [-0.4, -0.2) is 66.1 Å². The van der Waals surface area contributed by atoms with Crippen molar-refractivity contribution in [3.05, 3.63) is 47.8 Å². The first kappa shape index (κ1) is 18.1. The van der Waals surface area contributed by atoms with Crippen LogP contribution in [0.25, 0.3) is 0 Å². The van der Waals surface area contributed by atoms with E-state index in [1.54, 1.807) is 18.3 Å². The van der Waals surface area contributed by atoms with Crippen LogP contribution in [0.2, 0.25) is 0 Å². The van der Waals surface area contributed by atoms with Crippen LogP contribution < -0.4 is 9.47 Å². The summed E-state index contributed by atoms with van der Waals surface area (Å²) in [7, 11) is 3.05. The van der Waals surface area contributed by atoms with Crippen LogP contribution in [0.4, 0.5) is 0 Å². The molecule has 2 aromatic rings. The maximum Gasteiger partial charge on any atom is 0.259 e. The number of methoxy groups -OCH3 is 2. The minimum absolute atomic E-state index is 0.0553. The second-order valence-electron chi connectivity index (χ2n) is 6.19. The molecule has 1 aliphatic rings. The summed E-state index contributed by atoms with van der Waals surface area (Å²) in [6.45, 7) is 4.03. The number of aromatic nitrogens is 2. The minimum Gasteiger partial charge on any atom is -0.481 e. The Morgan fingerprint density at radius 2 is 2.00 bits per heavy atom. The van der Waals surface area contributed by atoms with Crippen molar-refractivity contribution in [2.45, 2.75) is 13.0 Å². The van der Waals surface area contributed by atoms with E-state index < -0.39 is 0 Å². The molecule has 0 atom stereocenters. The Hall–Kier alpha value is -2.67. The maximum absolute atomic E-state index is 12.9. The third kappa shape index (κ3) is 4.29. The monoisotopic (exact) mass is 356 g/mol. The van der Waals surface area contributed by atoms with Crippen LogP contribution in [0, 0.1) is 0 Å². The van der Waals surface area contributed by atoms with Gasteiger partial charge in [-0.15, -0.1) is 0 Å². The fourth-order valence-corrected chi connectivity index (χ4v) is 3.11. The number of carbonyl (C=O) groups excluding carboxylic acids is 1. The number of pyridine rings is 2. The third-order valence-electron chi connectivity index (χ3n) is 4.47. The molecule has 0 saturated carbocycles. The van der Waals surface area contributed by atoms with Gasteiger partial charge in [0.1, 0.15) is 5.56 Å². The average Bonchev–Trinajstić information content (AvgIpc) is 2.93. The van der Waals surface area contributed by atoms with Crippen LogP contribution >= 0.6 is 0 Å². The molecule has 7 nitrogen and oxygen atoms in total. The SMILES string of the molecule is COc1ccc(C(=O)N2CCCN(Cc3cccnc3)CC2)c(OC)n1. The summed E-state index contributed by atoms with van der Waals surface area (Å²) >= 11 is 0. The number of amides is 1. The summed E-state index contributed by atoms with van der Waals surface area (Å²) in [5, 5.41) is 0. The van der Waals surface area contributed by atoms with Crippen molar-refractivity contribution in [1.29, 1.82) is 0 Å². The Morgan fingerprint density at radius 3 is 2.73 bits per heavy atom. The van der Waals surface area contributed by atoms with E-state index in [9.17, 15) is 4.79 Å². The molecule has 2 aromatic heterocycles. The molecule has 0 aliphatic carbocycles. The van der Waals surface area contributed by atoms with Gasteiger partial charge in [-0.05, 0) is 24.1 Å². The summed E-state index contributed by atoms with van der Waals surface area (Å²) in [6, 6.07) is 7.42. The Balaban J connectivity index is 1.66. The highest BCUT2D eigenvalue weighted by Crippen LogP contribution is 2.22. The van der Waals surface area contributed by atoms with Gasteiger partial charge in [0, 0.05) is 51.2 Å². The molecule has 0 unspecified atom stereocenters. The second kappa shape index (κ2) is 8.62. The average molecular weight is 356 g/mol. The smallest absolute Gasteiger partial charge is 0.259 e. The van der Waals surface area contributed by atoms with Gasteiger partial charge in [0.15, 0.2) is 0 Å². The zero-order valence-corrected chi connectivity index (χ0v) is 15.2. The lowest BCUT2D eigenvalue weighted by atomic mass is 10.2. The molecule has 0 radical (unpaired) electrons. The molecule has 0 aromatic carbocycles. The van der Waals surface area contributed by atoms with Crippen molar-refractivity contribution < 1.29 is 14.3 Å². The fourth-order valence-electron chi connectivity index (χ4n) is 3.11. The van der Waals surface area contributed by atoms with Crippen molar-refractivity contribution in [3.8, 4) is 11.8 Å². The first-order valence-corrected chi connectivity index (χ1v) is 8.71. The molecule has 0 N–H and O–H groups in total. The predicted octanol–water partition coefficient (Wildman–Crippen LogP) is 1.84. The molecule has 3 rings (SSSR count). The summed E-state index contributed by atoms with van der Waals surface area (Å²) < 4.78 is 10.4. The Labute approximate surface area is 153 Å². The number of hydrogen-bond acceptors (Lipinski definition) is 6. The molecule has 1 fully saturated rings. The zero-order chi connectivity index (χ0) is 18.4. The Bertz CT molecular complexity index is 739. The highest BCUT2D eigenvalue weighted by Gasteiger charge is 2.24. The van der Waals surface area contributed by atoms with Gasteiger partial charge in [-0.1, -0.05) is 6.07 Å². The van der Waals surface area contributed by atoms with E-state index in [2.05, 4.69) is 20.9 Å². The van der Waals surface area contributed by atoms with Crippen LogP contribution in [-0.2, 0) is 6.54 Å². The van der Waals surface area contributed by atoms with Crippen LogP contribution in [0.1, 0.15) is 22.3 Å². The predicted molar refractivity (Wildman–Crippen MR) is 97.4 cm³/mol. The van der Waals surface area contributed by atoms with Gasteiger partial charge in [-0.2, -0.15) is 4.98 Å². The van der Waals surface area contributed by atoms with Gasteiger partial charge in [0.25, 0.3) is 5.91 Å². The molecule has 138 valence electrons. The summed E-state index contributed by atoms with van der Waals surface area (Å²) in [5.41, 5.74) is 1.65. The molecule has 1 amide bonds. The summed E-state index contributed by atoms with van der Waals surface area (Å²) in [4.78, 5) is 25.5. The van der Waals surface area contributed by atoms with E-state index in [0.29, 0.717) is 23.9 Å². The van der Waals surface area contributed by atoms with E-state index in [1.165, 1.54) is 19.8 Å². The lowest BCUT2D eigenvalue weighted by Crippen LogP contribution is -2.35. The first-order chi connectivity index (χ1) is 12.7. The molecule has 3 heterocycles. The normalized spacial score (nSPS) is 15.4. The lowest BCUT2D eigenvalue weighted by molar-refractivity contribution is 0.0756. The molecule has 0 bridgehead atoms. The van der Waals surface area contributed by atoms with E-state index in [4.69, 9.17) is 9.47 Å². The van der Waals surface area contributed by atoms with Crippen molar-refractivity contribution in [1.82, 2.24) is 19.8 Å². The summed E-state index contributed by atoms with van der Waals surface area (Å²) in [5.74, 6) is 0.669. The number of ether oxygens (including phenoxy) is 2. The van der Waals surface area contributed by atoms with Crippen LogP contribution in [0.15, 0.2) is 36.7 Å². The highest BCUT2D eigenvalue weighted by molar-refractivity contribution is 5.96. The molecule has 1 saturated heterocycles. The van der Waals surface area contributed by atoms with Gasteiger partial charge >= 0.3 is 0 Å². The van der Waals surface area contributed by atoms with E-state index >= 15 is 0 Å². The number of nitrogens with zero attached hydrogens (tertiary/aromatic N) is 4. The fraction of sp³-hybridized carbons (Fsp3) is 0.421. The zero-order valence-electron chi connectivity index (χ0n) is 15.2. The summed E-state index contributed by atoms with van der Waals surface area (Å²) in [6.07, 6.45) is 4.60. The van der Waals surface area contributed by atoms with Gasteiger partial charge < -0.3 is 14.4 Å². The number of carbonyl (C=O) groups is 1. The van der Waals surface area contributed by atoms with Gasteiger partial charge in [-0.3, -0.25) is 14.7 Å². The molecule has 7 heteroatoms. The maximum atomic E-state index is 12.9. The Morgan fingerprint density at radius 1 is 1.12 bits per heavy atom. The second-order valence-corrected chi connectivity index (χ2v) is 6.19. The van der Waals surface area contributed by atoms with Gasteiger partial charge in [0.2, 0.25) is 11.8 Å². The third-order valence-corrected chi connectivity index (χ3v) is 4.47. The van der Waals surface area contributed by atoms with E-state index in [1.807, 2.05) is 17.2 Å². The largest absolute Gasteiger partial charge is 0.481 e. The number of hydrogen-bond donors (Lipinski definition) is 0. The van der Waals surface area contributed by atoms with Gasteiger partial charge in [0.05, 0.1) is 14.2 Å². The standard InChI is InChI=1S/C19H24N4O3/c1-25-17-7-6-16(18(21-17)26-2)19(24)23-10-4-9-22(11-12-23)14-15-5-3-8-20-13-15/h3,5-8,13H,4,9-12,14H2,1-2H3.